The number of esters is 1. The second-order valence-corrected chi connectivity index (χ2v) is 5.80. The number of carboxylic acid groups (broad SMARTS) is 1. The van der Waals surface area contributed by atoms with Gasteiger partial charge in [0.2, 0.25) is 10.0 Å². The number of carbonyl (C=O) groups is 2. The lowest BCUT2D eigenvalue weighted by molar-refractivity contribution is -0.140. The highest BCUT2D eigenvalue weighted by Crippen LogP contribution is 2.19. The summed E-state index contributed by atoms with van der Waals surface area (Å²) in [6, 6.07) is 2.40. The molecule has 0 aromatic heterocycles. The fraction of sp³-hybridized carbons (Fsp3) is 0.273. The molecule has 0 fully saturated rings. The number of likely N-dealkylation sites (N-methyl/N-ethyl adjacent to an activating group) is 1. The topological polar surface area (TPSA) is 101 Å². The van der Waals surface area contributed by atoms with E-state index in [1.165, 1.54) is 0 Å². The van der Waals surface area contributed by atoms with Crippen molar-refractivity contribution in [2.24, 2.45) is 0 Å². The molecule has 0 atom stereocenters. The number of aromatic carboxylic acids is 1. The van der Waals surface area contributed by atoms with E-state index in [1.54, 1.807) is 0 Å². The molecule has 0 aliphatic rings. The third-order valence-electron chi connectivity index (χ3n) is 2.45. The number of sulfonamides is 1. The van der Waals surface area contributed by atoms with Crippen LogP contribution in [0.15, 0.2) is 23.1 Å². The van der Waals surface area contributed by atoms with E-state index in [0.717, 1.165) is 26.3 Å². The van der Waals surface area contributed by atoms with Crippen molar-refractivity contribution in [2.75, 3.05) is 20.7 Å². The summed E-state index contributed by atoms with van der Waals surface area (Å²) in [6.07, 6.45) is 0. The third-order valence-corrected chi connectivity index (χ3v) is 4.28. The van der Waals surface area contributed by atoms with Crippen molar-refractivity contribution in [3.63, 3.8) is 0 Å². The summed E-state index contributed by atoms with van der Waals surface area (Å²) in [7, 11) is -2.08. The van der Waals surface area contributed by atoms with E-state index in [1.807, 2.05) is 0 Å². The van der Waals surface area contributed by atoms with E-state index >= 15 is 0 Å². The highest BCUT2D eigenvalue weighted by atomic mass is 32.2. The molecular weight excluding hydrogens is 293 g/mol. The third kappa shape index (κ3) is 3.31. The quantitative estimate of drug-likeness (QED) is 0.786. The number of rotatable bonds is 5. The highest BCUT2D eigenvalue weighted by molar-refractivity contribution is 7.89. The molecule has 0 saturated carbocycles. The number of benzene rings is 1. The van der Waals surface area contributed by atoms with Crippen LogP contribution in [0.5, 0.6) is 0 Å². The van der Waals surface area contributed by atoms with E-state index in [2.05, 4.69) is 4.74 Å². The van der Waals surface area contributed by atoms with Gasteiger partial charge in [-0.1, -0.05) is 0 Å². The van der Waals surface area contributed by atoms with Gasteiger partial charge in [-0.3, -0.25) is 4.79 Å². The Balaban J connectivity index is 3.16. The first kappa shape index (κ1) is 16.1. The summed E-state index contributed by atoms with van der Waals surface area (Å²) < 4.78 is 42.7. The van der Waals surface area contributed by atoms with Crippen LogP contribution in [0.3, 0.4) is 0 Å². The molecule has 0 radical (unpaired) electrons. The fourth-order valence-corrected chi connectivity index (χ4v) is 2.50. The van der Waals surface area contributed by atoms with E-state index < -0.39 is 39.2 Å². The molecule has 0 saturated heterocycles. The molecule has 110 valence electrons. The van der Waals surface area contributed by atoms with Crippen LogP contribution >= 0.6 is 0 Å². The van der Waals surface area contributed by atoms with Gasteiger partial charge in [0.05, 0.1) is 12.7 Å². The number of hydrogen-bond donors (Lipinski definition) is 1. The largest absolute Gasteiger partial charge is 0.478 e. The predicted molar refractivity (Wildman–Crippen MR) is 65.2 cm³/mol. The van der Waals surface area contributed by atoms with Gasteiger partial charge in [0.15, 0.2) is 0 Å². The maximum Gasteiger partial charge on any atom is 0.335 e. The second-order valence-electron chi connectivity index (χ2n) is 3.79. The molecule has 0 heterocycles. The van der Waals surface area contributed by atoms with Gasteiger partial charge in [0.25, 0.3) is 0 Å². The summed E-state index contributed by atoms with van der Waals surface area (Å²) in [6.45, 7) is -0.584. The van der Waals surface area contributed by atoms with Crippen molar-refractivity contribution in [1.82, 2.24) is 4.31 Å². The summed E-state index contributed by atoms with van der Waals surface area (Å²) >= 11 is 0. The van der Waals surface area contributed by atoms with E-state index in [9.17, 15) is 22.4 Å². The first-order valence-corrected chi connectivity index (χ1v) is 6.70. The van der Waals surface area contributed by atoms with Crippen LogP contribution in [0, 0.1) is 5.82 Å². The van der Waals surface area contributed by atoms with Crippen LogP contribution in [-0.4, -0.2) is 50.5 Å². The Labute approximate surface area is 114 Å². The van der Waals surface area contributed by atoms with Crippen LogP contribution in [-0.2, 0) is 19.6 Å². The number of ether oxygens (including phenoxy) is 1. The monoisotopic (exact) mass is 305 g/mol. The minimum absolute atomic E-state index is 0.378. The lowest BCUT2D eigenvalue weighted by Gasteiger charge is -2.16. The zero-order valence-corrected chi connectivity index (χ0v) is 11.5. The molecule has 0 bridgehead atoms. The standard InChI is InChI=1S/C11H12FNO6S/c1-13(6-10(14)19-2)20(17,18)9-4-3-7(11(15)16)5-8(9)12/h3-5H,6H2,1-2H3,(H,15,16). The first-order chi connectivity index (χ1) is 9.20. The van der Waals surface area contributed by atoms with E-state index in [-0.39, 0.29) is 5.56 Å². The van der Waals surface area contributed by atoms with Gasteiger partial charge in [-0.25, -0.2) is 17.6 Å². The van der Waals surface area contributed by atoms with Crippen molar-refractivity contribution in [3.8, 4) is 0 Å². The van der Waals surface area contributed by atoms with Gasteiger partial charge in [-0.2, -0.15) is 4.31 Å². The average molecular weight is 305 g/mol. The SMILES string of the molecule is COC(=O)CN(C)S(=O)(=O)c1ccc(C(=O)O)cc1F. The first-order valence-electron chi connectivity index (χ1n) is 5.26. The molecule has 0 aliphatic heterocycles. The van der Waals surface area contributed by atoms with Crippen molar-refractivity contribution in [1.29, 1.82) is 0 Å². The van der Waals surface area contributed by atoms with Crippen LogP contribution in [0.1, 0.15) is 10.4 Å². The Morgan fingerprint density at radius 1 is 1.40 bits per heavy atom. The fourth-order valence-electron chi connectivity index (χ4n) is 1.34. The summed E-state index contributed by atoms with van der Waals surface area (Å²) in [5.74, 6) is -3.39. The minimum Gasteiger partial charge on any atom is -0.478 e. The molecule has 9 heteroatoms. The number of methoxy groups -OCH3 is 1. The Morgan fingerprint density at radius 2 is 2.00 bits per heavy atom. The zero-order chi connectivity index (χ0) is 15.5. The maximum atomic E-state index is 13.7. The van der Waals surface area contributed by atoms with Gasteiger partial charge in [-0.05, 0) is 18.2 Å². The Bertz CT molecular complexity index is 642. The van der Waals surface area contributed by atoms with Gasteiger partial charge in [-0.15, -0.1) is 0 Å². The van der Waals surface area contributed by atoms with Crippen molar-refractivity contribution in [3.05, 3.63) is 29.6 Å². The Morgan fingerprint density at radius 3 is 2.45 bits per heavy atom. The molecule has 20 heavy (non-hydrogen) atoms. The molecule has 0 amide bonds. The molecular formula is C11H12FNO6S. The normalized spacial score (nSPS) is 11.4. The zero-order valence-electron chi connectivity index (χ0n) is 10.7. The van der Waals surface area contributed by atoms with E-state index in [0.29, 0.717) is 10.4 Å². The molecule has 1 rings (SSSR count). The van der Waals surface area contributed by atoms with Gasteiger partial charge >= 0.3 is 11.9 Å². The lowest BCUT2D eigenvalue weighted by atomic mass is 10.2. The highest BCUT2D eigenvalue weighted by Gasteiger charge is 2.27. The van der Waals surface area contributed by atoms with Gasteiger partial charge in [0, 0.05) is 7.05 Å². The summed E-state index contributed by atoms with van der Waals surface area (Å²) in [5.41, 5.74) is -0.378. The molecule has 0 spiro atoms. The number of hydrogen-bond acceptors (Lipinski definition) is 5. The molecule has 0 aliphatic carbocycles. The average Bonchev–Trinajstić information content (AvgIpc) is 2.37. The number of carboxylic acids is 1. The number of halogens is 1. The second kappa shape index (κ2) is 5.97. The molecule has 1 N–H and O–H groups in total. The predicted octanol–water partition coefficient (Wildman–Crippen LogP) is 0.317. The van der Waals surface area contributed by atoms with Crippen molar-refractivity contribution >= 4 is 22.0 Å². The van der Waals surface area contributed by atoms with Gasteiger partial charge in [0.1, 0.15) is 17.3 Å². The van der Waals surface area contributed by atoms with Crippen LogP contribution in [0.2, 0.25) is 0 Å². The van der Waals surface area contributed by atoms with Crippen LogP contribution in [0.4, 0.5) is 4.39 Å². The summed E-state index contributed by atoms with van der Waals surface area (Å²) in [5, 5.41) is 8.68. The molecule has 0 unspecified atom stereocenters. The van der Waals surface area contributed by atoms with Crippen LogP contribution in [0.25, 0.3) is 0 Å². The molecule has 7 nitrogen and oxygen atoms in total. The van der Waals surface area contributed by atoms with Crippen molar-refractivity contribution in [2.45, 2.75) is 4.90 Å². The molecule has 1 aromatic rings. The number of carbonyl (C=O) groups excluding carboxylic acids is 1. The lowest BCUT2D eigenvalue weighted by Crippen LogP contribution is -2.33. The van der Waals surface area contributed by atoms with E-state index in [4.69, 9.17) is 5.11 Å². The Kier molecular flexibility index (Phi) is 4.79. The smallest absolute Gasteiger partial charge is 0.335 e. The molecule has 1 aromatic carbocycles. The van der Waals surface area contributed by atoms with Crippen molar-refractivity contribution < 1.29 is 32.2 Å². The maximum absolute atomic E-state index is 13.7. The number of nitrogens with zero attached hydrogens (tertiary/aromatic N) is 1. The van der Waals surface area contributed by atoms with Gasteiger partial charge < -0.3 is 9.84 Å². The van der Waals surface area contributed by atoms with Crippen LogP contribution < -0.4 is 0 Å². The minimum atomic E-state index is -4.25. The summed E-state index contributed by atoms with van der Waals surface area (Å²) in [4.78, 5) is 21.0. The Hall–Kier alpha value is -2.00.